The zero-order valence-corrected chi connectivity index (χ0v) is 16.3. The van der Waals surface area contributed by atoms with Crippen molar-refractivity contribution < 1.29 is 0 Å². The van der Waals surface area contributed by atoms with Crippen molar-refractivity contribution in [3.63, 3.8) is 0 Å². The van der Waals surface area contributed by atoms with Gasteiger partial charge < -0.3 is 0 Å². The molecule has 0 aliphatic carbocycles. The molecule has 0 aliphatic rings. The van der Waals surface area contributed by atoms with Gasteiger partial charge >= 0.3 is 0 Å². The second-order valence-electron chi connectivity index (χ2n) is 6.22. The number of hydrogen-bond donors (Lipinski definition) is 0. The van der Waals surface area contributed by atoms with Crippen LogP contribution in [0.2, 0.25) is 15.5 Å². The molecule has 0 radical (unpaired) electrons. The Morgan fingerprint density at radius 1 is 0.680 bits per heavy atom. The molecule has 2 aromatic heterocycles. The van der Waals surface area contributed by atoms with Crippen LogP contribution in [0.3, 0.4) is 0 Å². The second kappa shape index (κ2) is 8.56. The number of nitrogens with zero attached hydrogens (tertiary/aromatic N) is 4. The lowest BCUT2D eigenvalue weighted by molar-refractivity contribution is 0.590. The zero-order chi connectivity index (χ0) is 18.4. The normalized spacial score (nSPS) is 10.8. The summed E-state index contributed by atoms with van der Waals surface area (Å²) in [5, 5.41) is 1.20. The van der Waals surface area contributed by atoms with Gasteiger partial charge in [0.1, 0.15) is 28.1 Å². The van der Waals surface area contributed by atoms with Crippen LogP contribution in [0.15, 0.2) is 49.1 Å². The molecule has 7 heteroatoms. The fourth-order valence-corrected chi connectivity index (χ4v) is 2.44. The molecule has 130 valence electrons. The predicted octanol–water partition coefficient (Wildman–Crippen LogP) is 5.88. The maximum Gasteiger partial charge on any atom is 0.133 e. The maximum absolute atomic E-state index is 5.85. The number of rotatable bonds is 1. The number of halogens is 3. The Morgan fingerprint density at radius 3 is 1.56 bits per heavy atom. The van der Waals surface area contributed by atoms with Crippen molar-refractivity contribution in [2.75, 3.05) is 0 Å². The van der Waals surface area contributed by atoms with Crippen LogP contribution >= 0.6 is 34.8 Å². The molecule has 1 aromatic carbocycles. The zero-order valence-electron chi connectivity index (χ0n) is 14.0. The first-order valence-corrected chi connectivity index (χ1v) is 8.60. The van der Waals surface area contributed by atoms with E-state index in [0.29, 0.717) is 15.5 Å². The topological polar surface area (TPSA) is 51.6 Å². The molecule has 4 nitrogen and oxygen atoms in total. The van der Waals surface area contributed by atoms with Gasteiger partial charge in [0.15, 0.2) is 0 Å². The van der Waals surface area contributed by atoms with E-state index in [9.17, 15) is 0 Å². The maximum atomic E-state index is 5.85. The molecule has 3 aromatic rings. The van der Waals surface area contributed by atoms with E-state index >= 15 is 0 Å². The lowest BCUT2D eigenvalue weighted by Gasteiger charge is -2.19. The van der Waals surface area contributed by atoms with Crippen LogP contribution in [0.4, 0.5) is 0 Å². The molecule has 0 bridgehead atoms. The Morgan fingerprint density at radius 2 is 1.16 bits per heavy atom. The quantitative estimate of drug-likeness (QED) is 0.483. The average molecular weight is 396 g/mol. The van der Waals surface area contributed by atoms with Gasteiger partial charge in [-0.2, -0.15) is 0 Å². The Kier molecular flexibility index (Phi) is 6.71. The minimum atomic E-state index is 0.168. The van der Waals surface area contributed by atoms with E-state index in [1.54, 1.807) is 6.07 Å². The fraction of sp³-hybridized carbons (Fsp3) is 0.222. The van der Waals surface area contributed by atoms with E-state index in [1.807, 2.05) is 0 Å². The smallest absolute Gasteiger partial charge is 0.133 e. The molecule has 0 saturated heterocycles. The minimum Gasteiger partial charge on any atom is -0.236 e. The van der Waals surface area contributed by atoms with Crippen LogP contribution in [-0.4, -0.2) is 19.9 Å². The van der Waals surface area contributed by atoms with E-state index in [0.717, 1.165) is 11.3 Å². The molecule has 3 rings (SSSR count). The van der Waals surface area contributed by atoms with E-state index in [-0.39, 0.29) is 5.41 Å². The molecule has 0 saturated carbocycles. The van der Waals surface area contributed by atoms with Gasteiger partial charge in [0.05, 0.1) is 5.69 Å². The van der Waals surface area contributed by atoms with Crippen LogP contribution in [0, 0.1) is 0 Å². The third-order valence-electron chi connectivity index (χ3n) is 3.28. The molecular weight excluding hydrogens is 379 g/mol. The van der Waals surface area contributed by atoms with Crippen molar-refractivity contribution >= 4 is 34.8 Å². The van der Waals surface area contributed by atoms with Crippen LogP contribution in [0.1, 0.15) is 26.3 Å². The molecule has 0 fully saturated rings. The average Bonchev–Trinajstić information content (AvgIpc) is 2.54. The molecular formula is C18H17Cl3N4. The van der Waals surface area contributed by atoms with Gasteiger partial charge in [0, 0.05) is 17.7 Å². The van der Waals surface area contributed by atoms with Crippen LogP contribution in [0.25, 0.3) is 11.3 Å². The molecule has 0 amide bonds. The van der Waals surface area contributed by atoms with E-state index in [2.05, 4.69) is 65.0 Å². The van der Waals surface area contributed by atoms with Gasteiger partial charge in [-0.3, -0.25) is 0 Å². The number of benzene rings is 1. The first-order valence-electron chi connectivity index (χ1n) is 7.47. The van der Waals surface area contributed by atoms with Crippen molar-refractivity contribution in [1.82, 2.24) is 19.9 Å². The lowest BCUT2D eigenvalue weighted by Crippen LogP contribution is -2.10. The summed E-state index contributed by atoms with van der Waals surface area (Å²) in [6.07, 6.45) is 2.79. The Balaban J connectivity index is 0.000000236. The number of aromatic nitrogens is 4. The van der Waals surface area contributed by atoms with Crippen molar-refractivity contribution in [2.45, 2.75) is 26.2 Å². The first-order chi connectivity index (χ1) is 11.8. The Labute approximate surface area is 162 Å². The van der Waals surface area contributed by atoms with Crippen molar-refractivity contribution in [2.24, 2.45) is 0 Å². The Bertz CT molecular complexity index is 813. The molecule has 0 unspecified atom stereocenters. The van der Waals surface area contributed by atoms with Gasteiger partial charge in [-0.25, -0.2) is 19.9 Å². The molecule has 0 atom stereocenters. The van der Waals surface area contributed by atoms with Gasteiger partial charge in [-0.05, 0) is 11.0 Å². The predicted molar refractivity (Wildman–Crippen MR) is 103 cm³/mol. The van der Waals surface area contributed by atoms with E-state index < -0.39 is 0 Å². The van der Waals surface area contributed by atoms with E-state index in [4.69, 9.17) is 34.8 Å². The standard InChI is InChI=1S/C14H15ClN2.C4H2Cl2N2/c1-14(2,3)11-6-4-10(5-7-11)12-8-13(15)17-9-16-12;5-3-1-4(6)8-2-7-3/h4-9H,1-3H3;1-2H. The monoisotopic (exact) mass is 394 g/mol. The molecule has 0 spiro atoms. The third-order valence-corrected chi connectivity index (χ3v) is 3.90. The molecule has 0 N–H and O–H groups in total. The summed E-state index contributed by atoms with van der Waals surface area (Å²) in [7, 11) is 0. The van der Waals surface area contributed by atoms with Gasteiger partial charge in [0.25, 0.3) is 0 Å². The SMILES string of the molecule is CC(C)(C)c1ccc(-c2cc(Cl)ncn2)cc1.Clc1cc(Cl)ncn1. The summed E-state index contributed by atoms with van der Waals surface area (Å²) in [4.78, 5) is 15.3. The highest BCUT2D eigenvalue weighted by atomic mass is 35.5. The number of hydrogen-bond acceptors (Lipinski definition) is 4. The highest BCUT2D eigenvalue weighted by Crippen LogP contribution is 2.25. The summed E-state index contributed by atoms with van der Waals surface area (Å²) in [6, 6.07) is 11.6. The second-order valence-corrected chi connectivity index (χ2v) is 7.38. The summed E-state index contributed by atoms with van der Waals surface area (Å²) in [5.74, 6) is 0. The van der Waals surface area contributed by atoms with Crippen LogP contribution < -0.4 is 0 Å². The minimum absolute atomic E-state index is 0.168. The fourth-order valence-electron chi connectivity index (χ4n) is 1.94. The van der Waals surface area contributed by atoms with Crippen molar-refractivity contribution in [3.8, 4) is 11.3 Å². The highest BCUT2D eigenvalue weighted by Gasteiger charge is 2.13. The summed E-state index contributed by atoms with van der Waals surface area (Å²) >= 11 is 16.7. The summed E-state index contributed by atoms with van der Waals surface area (Å²) in [5.41, 5.74) is 3.39. The first kappa shape index (κ1) is 19.6. The van der Waals surface area contributed by atoms with Gasteiger partial charge in [-0.15, -0.1) is 0 Å². The highest BCUT2D eigenvalue weighted by molar-refractivity contribution is 6.33. The largest absolute Gasteiger partial charge is 0.236 e. The lowest BCUT2D eigenvalue weighted by atomic mass is 9.86. The van der Waals surface area contributed by atoms with Crippen LogP contribution in [-0.2, 0) is 5.41 Å². The molecule has 0 aliphatic heterocycles. The van der Waals surface area contributed by atoms with Gasteiger partial charge in [0.2, 0.25) is 0 Å². The van der Waals surface area contributed by atoms with Crippen molar-refractivity contribution in [3.05, 3.63) is 70.1 Å². The van der Waals surface area contributed by atoms with Crippen LogP contribution in [0.5, 0.6) is 0 Å². The van der Waals surface area contributed by atoms with Gasteiger partial charge in [-0.1, -0.05) is 79.8 Å². The summed E-state index contributed by atoms with van der Waals surface area (Å²) in [6.45, 7) is 6.59. The molecule has 25 heavy (non-hydrogen) atoms. The van der Waals surface area contributed by atoms with E-state index in [1.165, 1.54) is 24.3 Å². The van der Waals surface area contributed by atoms with Crippen molar-refractivity contribution in [1.29, 1.82) is 0 Å². The third kappa shape index (κ3) is 6.24. The summed E-state index contributed by atoms with van der Waals surface area (Å²) < 4.78 is 0. The Hall–Kier alpha value is -1.75. The molecule has 2 heterocycles.